The van der Waals surface area contributed by atoms with Crippen LogP contribution in [-0.4, -0.2) is 17.5 Å². The lowest BCUT2D eigenvalue weighted by molar-refractivity contribution is -0.116. The van der Waals surface area contributed by atoms with Crippen LogP contribution in [-0.2, 0) is 4.79 Å². The van der Waals surface area contributed by atoms with Crippen molar-refractivity contribution in [2.75, 3.05) is 11.9 Å². The molecular formula is C16H14N2O4. The zero-order valence-electron chi connectivity index (χ0n) is 11.7. The number of H-pyrrole nitrogens is 1. The van der Waals surface area contributed by atoms with Crippen LogP contribution in [0.5, 0.6) is 5.75 Å². The number of oxazole rings is 1. The maximum Gasteiger partial charge on any atom is 0.417 e. The van der Waals surface area contributed by atoms with Crippen LogP contribution < -0.4 is 15.8 Å². The van der Waals surface area contributed by atoms with Gasteiger partial charge in [-0.05, 0) is 24.3 Å². The lowest BCUT2D eigenvalue weighted by Gasteiger charge is -2.07. The van der Waals surface area contributed by atoms with Crippen LogP contribution in [0.15, 0.2) is 57.7 Å². The van der Waals surface area contributed by atoms with E-state index in [2.05, 4.69) is 10.3 Å². The second kappa shape index (κ2) is 6.17. The standard InChI is InChI=1S/C16H14N2O4/c19-15(8-9-21-12-4-2-1-3-5-12)17-11-6-7-13-14(10-11)22-16(20)18-13/h1-7,10H,8-9H2,(H,17,19)(H,18,20). The SMILES string of the molecule is O=C(CCOc1ccccc1)Nc1ccc2[nH]c(=O)oc2c1. The lowest BCUT2D eigenvalue weighted by Crippen LogP contribution is -2.15. The summed E-state index contributed by atoms with van der Waals surface area (Å²) in [6.45, 7) is 0.289. The number of hydrogen-bond donors (Lipinski definition) is 2. The van der Waals surface area contributed by atoms with E-state index in [-0.39, 0.29) is 18.9 Å². The molecule has 1 aromatic heterocycles. The average Bonchev–Trinajstić information content (AvgIpc) is 2.87. The number of amides is 1. The number of para-hydroxylation sites is 1. The van der Waals surface area contributed by atoms with Gasteiger partial charge in [-0.15, -0.1) is 0 Å². The maximum absolute atomic E-state index is 11.9. The van der Waals surface area contributed by atoms with Gasteiger partial charge in [0.2, 0.25) is 5.91 Å². The highest BCUT2D eigenvalue weighted by Gasteiger charge is 2.06. The molecule has 1 heterocycles. The topological polar surface area (TPSA) is 84.3 Å². The smallest absolute Gasteiger partial charge is 0.417 e. The van der Waals surface area contributed by atoms with Gasteiger partial charge in [0.25, 0.3) is 0 Å². The summed E-state index contributed by atoms with van der Waals surface area (Å²) in [5.74, 6) is 0.0359. The summed E-state index contributed by atoms with van der Waals surface area (Å²) in [5, 5.41) is 2.73. The van der Waals surface area contributed by atoms with E-state index in [0.29, 0.717) is 16.8 Å². The van der Waals surface area contributed by atoms with Crippen molar-refractivity contribution in [3.63, 3.8) is 0 Å². The fourth-order valence-corrected chi connectivity index (χ4v) is 2.02. The Morgan fingerprint density at radius 2 is 2.00 bits per heavy atom. The van der Waals surface area contributed by atoms with Crippen molar-refractivity contribution in [2.24, 2.45) is 0 Å². The van der Waals surface area contributed by atoms with Crippen LogP contribution in [0.1, 0.15) is 6.42 Å². The third-order valence-corrected chi connectivity index (χ3v) is 3.05. The Bertz CT molecular complexity index is 836. The monoisotopic (exact) mass is 298 g/mol. The molecule has 0 aliphatic heterocycles. The van der Waals surface area contributed by atoms with Gasteiger partial charge in [0.1, 0.15) is 5.75 Å². The molecule has 0 spiro atoms. The molecule has 22 heavy (non-hydrogen) atoms. The van der Waals surface area contributed by atoms with Crippen LogP contribution in [0.4, 0.5) is 5.69 Å². The van der Waals surface area contributed by atoms with Crippen LogP contribution in [0.2, 0.25) is 0 Å². The number of hydrogen-bond acceptors (Lipinski definition) is 4. The normalized spacial score (nSPS) is 10.5. The number of carbonyl (C=O) groups is 1. The summed E-state index contributed by atoms with van der Waals surface area (Å²) in [4.78, 5) is 25.5. The number of nitrogens with one attached hydrogen (secondary N) is 2. The molecule has 0 atom stereocenters. The van der Waals surface area contributed by atoms with Crippen molar-refractivity contribution in [1.82, 2.24) is 4.98 Å². The second-order valence-corrected chi connectivity index (χ2v) is 4.69. The first-order valence-electron chi connectivity index (χ1n) is 6.81. The first kappa shape index (κ1) is 13.9. The van der Waals surface area contributed by atoms with E-state index in [0.717, 1.165) is 5.75 Å². The number of benzene rings is 2. The van der Waals surface area contributed by atoms with Gasteiger partial charge in [0, 0.05) is 11.8 Å². The van der Waals surface area contributed by atoms with Crippen molar-refractivity contribution < 1.29 is 13.9 Å². The largest absolute Gasteiger partial charge is 0.493 e. The Balaban J connectivity index is 1.55. The summed E-state index contributed by atoms with van der Waals surface area (Å²) < 4.78 is 10.4. The Kier molecular flexibility index (Phi) is 3.91. The minimum Gasteiger partial charge on any atom is -0.493 e. The molecule has 112 valence electrons. The van der Waals surface area contributed by atoms with E-state index < -0.39 is 5.76 Å². The van der Waals surface area contributed by atoms with Crippen molar-refractivity contribution in [3.8, 4) is 5.75 Å². The van der Waals surface area contributed by atoms with Gasteiger partial charge in [0.05, 0.1) is 18.5 Å². The molecule has 0 saturated heterocycles. The van der Waals surface area contributed by atoms with Gasteiger partial charge in [-0.3, -0.25) is 9.78 Å². The third-order valence-electron chi connectivity index (χ3n) is 3.05. The van der Waals surface area contributed by atoms with Crippen molar-refractivity contribution in [2.45, 2.75) is 6.42 Å². The predicted molar refractivity (Wildman–Crippen MR) is 82.0 cm³/mol. The molecular weight excluding hydrogens is 284 g/mol. The molecule has 3 rings (SSSR count). The first-order chi connectivity index (χ1) is 10.7. The molecule has 1 amide bonds. The van der Waals surface area contributed by atoms with Gasteiger partial charge in [-0.2, -0.15) is 0 Å². The van der Waals surface area contributed by atoms with Crippen molar-refractivity contribution >= 4 is 22.7 Å². The van der Waals surface area contributed by atoms with Crippen LogP contribution in [0.3, 0.4) is 0 Å². The minimum atomic E-state index is -0.519. The number of aromatic amines is 1. The van der Waals surface area contributed by atoms with E-state index >= 15 is 0 Å². The van der Waals surface area contributed by atoms with Gasteiger partial charge in [0.15, 0.2) is 5.58 Å². The summed E-state index contributed by atoms with van der Waals surface area (Å²) in [7, 11) is 0. The quantitative estimate of drug-likeness (QED) is 0.758. The summed E-state index contributed by atoms with van der Waals surface area (Å²) in [5.41, 5.74) is 1.57. The zero-order valence-corrected chi connectivity index (χ0v) is 11.7. The van der Waals surface area contributed by atoms with Gasteiger partial charge < -0.3 is 14.5 Å². The first-order valence-corrected chi connectivity index (χ1v) is 6.81. The Hall–Kier alpha value is -3.02. The minimum absolute atomic E-state index is 0.173. The number of fused-ring (bicyclic) bond motifs is 1. The molecule has 0 saturated carbocycles. The summed E-state index contributed by atoms with van der Waals surface area (Å²) in [6.07, 6.45) is 0.226. The average molecular weight is 298 g/mol. The van der Waals surface area contributed by atoms with E-state index in [1.807, 2.05) is 30.3 Å². The van der Waals surface area contributed by atoms with Gasteiger partial charge in [-0.25, -0.2) is 4.79 Å². The van der Waals surface area contributed by atoms with Gasteiger partial charge in [-0.1, -0.05) is 18.2 Å². The molecule has 6 nitrogen and oxygen atoms in total. The van der Waals surface area contributed by atoms with Crippen LogP contribution in [0.25, 0.3) is 11.1 Å². The zero-order chi connectivity index (χ0) is 15.4. The fourth-order valence-electron chi connectivity index (χ4n) is 2.02. The molecule has 2 N–H and O–H groups in total. The van der Waals surface area contributed by atoms with Crippen molar-refractivity contribution in [1.29, 1.82) is 0 Å². The number of rotatable bonds is 5. The molecule has 3 aromatic rings. The van der Waals surface area contributed by atoms with Crippen LogP contribution in [0, 0.1) is 0 Å². The molecule has 2 aromatic carbocycles. The fraction of sp³-hybridized carbons (Fsp3) is 0.125. The number of anilines is 1. The Labute approximate surface area is 125 Å². The van der Waals surface area contributed by atoms with E-state index in [1.54, 1.807) is 18.2 Å². The van der Waals surface area contributed by atoms with E-state index in [9.17, 15) is 9.59 Å². The number of carbonyl (C=O) groups excluding carboxylic acids is 1. The molecule has 0 radical (unpaired) electrons. The molecule has 0 unspecified atom stereocenters. The molecule has 0 fully saturated rings. The molecule has 0 bridgehead atoms. The highest BCUT2D eigenvalue weighted by Crippen LogP contribution is 2.16. The summed E-state index contributed by atoms with van der Waals surface area (Å²) >= 11 is 0. The highest BCUT2D eigenvalue weighted by molar-refractivity contribution is 5.92. The van der Waals surface area contributed by atoms with Crippen molar-refractivity contribution in [3.05, 3.63) is 59.1 Å². The molecule has 0 aliphatic carbocycles. The number of ether oxygens (including phenoxy) is 1. The third kappa shape index (κ3) is 3.35. The lowest BCUT2D eigenvalue weighted by atomic mass is 10.3. The number of aromatic nitrogens is 1. The molecule has 0 aliphatic rings. The maximum atomic E-state index is 11.9. The highest BCUT2D eigenvalue weighted by atomic mass is 16.5. The second-order valence-electron chi connectivity index (χ2n) is 4.69. The van der Waals surface area contributed by atoms with E-state index in [1.165, 1.54) is 0 Å². The summed E-state index contributed by atoms with van der Waals surface area (Å²) in [6, 6.07) is 14.3. The van der Waals surface area contributed by atoms with Gasteiger partial charge >= 0.3 is 5.76 Å². The Morgan fingerprint density at radius 3 is 2.82 bits per heavy atom. The predicted octanol–water partition coefficient (Wildman–Crippen LogP) is 2.53. The van der Waals surface area contributed by atoms with Crippen LogP contribution >= 0.6 is 0 Å². The van der Waals surface area contributed by atoms with E-state index in [4.69, 9.17) is 9.15 Å². The molecule has 6 heteroatoms. The Morgan fingerprint density at radius 1 is 1.18 bits per heavy atom.